The number of amides is 3. The van der Waals surface area contributed by atoms with E-state index in [0.29, 0.717) is 16.5 Å². The number of aromatic nitrogens is 1. The number of halogens is 1. The van der Waals surface area contributed by atoms with E-state index in [0.717, 1.165) is 29.9 Å². The first-order chi connectivity index (χ1) is 17.1. The van der Waals surface area contributed by atoms with E-state index in [1.54, 1.807) is 40.3 Å². The van der Waals surface area contributed by atoms with Gasteiger partial charge in [0.2, 0.25) is 5.91 Å². The molecular formula is C27H23ClN4O3. The van der Waals surface area contributed by atoms with Crippen LogP contribution in [0.2, 0.25) is 5.02 Å². The molecule has 176 valence electrons. The maximum atomic E-state index is 14.0. The fourth-order valence-electron chi connectivity index (χ4n) is 4.68. The van der Waals surface area contributed by atoms with Crippen molar-refractivity contribution in [1.29, 1.82) is 0 Å². The molecule has 2 aromatic heterocycles. The van der Waals surface area contributed by atoms with Crippen molar-refractivity contribution >= 4 is 34.9 Å². The highest BCUT2D eigenvalue weighted by molar-refractivity contribution is 6.30. The Balaban J connectivity index is 1.33. The molecule has 1 atom stereocenters. The molecular weight excluding hydrogens is 464 g/mol. The number of benzene rings is 2. The molecule has 0 spiro atoms. The minimum Gasteiger partial charge on any atom is -0.467 e. The molecule has 1 unspecified atom stereocenters. The Labute approximate surface area is 207 Å². The fourth-order valence-corrected chi connectivity index (χ4v) is 4.81. The summed E-state index contributed by atoms with van der Waals surface area (Å²) in [5.41, 5.74) is 3.24. The van der Waals surface area contributed by atoms with E-state index in [-0.39, 0.29) is 24.5 Å². The lowest BCUT2D eigenvalue weighted by molar-refractivity contribution is -0.119. The molecule has 1 aliphatic heterocycles. The molecule has 2 aliphatic rings. The molecule has 1 fully saturated rings. The zero-order valence-corrected chi connectivity index (χ0v) is 19.6. The van der Waals surface area contributed by atoms with Crippen LogP contribution in [0.15, 0.2) is 89.7 Å². The topological polar surface area (TPSA) is 70.7 Å². The zero-order valence-electron chi connectivity index (χ0n) is 18.8. The summed E-state index contributed by atoms with van der Waals surface area (Å²) >= 11 is 5.97. The van der Waals surface area contributed by atoms with Crippen LogP contribution in [0.25, 0.3) is 5.69 Å². The summed E-state index contributed by atoms with van der Waals surface area (Å²) in [4.78, 5) is 30.6. The number of carbonyl (C=O) groups excluding carboxylic acids is 2. The highest BCUT2D eigenvalue weighted by Crippen LogP contribution is 2.42. The molecule has 2 aromatic carbocycles. The van der Waals surface area contributed by atoms with E-state index in [2.05, 4.69) is 9.88 Å². The predicted molar refractivity (Wildman–Crippen MR) is 134 cm³/mol. The summed E-state index contributed by atoms with van der Waals surface area (Å²) in [6, 6.07) is 21.7. The van der Waals surface area contributed by atoms with Gasteiger partial charge in [0, 0.05) is 22.9 Å². The van der Waals surface area contributed by atoms with Gasteiger partial charge in [-0.05, 0) is 73.5 Å². The van der Waals surface area contributed by atoms with Crippen LogP contribution in [0.1, 0.15) is 30.3 Å². The first kappa shape index (κ1) is 21.6. The molecule has 8 heteroatoms. The molecule has 1 saturated carbocycles. The lowest BCUT2D eigenvalue weighted by Gasteiger charge is -2.38. The molecule has 3 heterocycles. The number of hydrogen-bond acceptors (Lipinski definition) is 3. The van der Waals surface area contributed by atoms with Crippen LogP contribution < -0.4 is 10.2 Å². The molecule has 4 aromatic rings. The standard InChI is InChI=1S/C27H23ClN4O3/c28-18-9-11-19(12-10-18)29-27(34)31(20-13-14-20)17-25(33)32-22-6-2-1-5-21(22)30-15-3-7-23(30)26(32)24-8-4-16-35-24/h1-12,15-16,20,26H,13-14,17H2,(H,29,34). The van der Waals surface area contributed by atoms with Gasteiger partial charge in [-0.3, -0.25) is 9.69 Å². The van der Waals surface area contributed by atoms with Gasteiger partial charge >= 0.3 is 6.03 Å². The van der Waals surface area contributed by atoms with Crippen molar-refractivity contribution in [2.75, 3.05) is 16.8 Å². The van der Waals surface area contributed by atoms with Crippen molar-refractivity contribution in [3.05, 3.63) is 102 Å². The number of para-hydroxylation sites is 2. The molecule has 0 bridgehead atoms. The Kier molecular flexibility index (Phi) is 5.34. The van der Waals surface area contributed by atoms with Gasteiger partial charge in [0.05, 0.1) is 23.3 Å². The summed E-state index contributed by atoms with van der Waals surface area (Å²) in [6.45, 7) is -0.0453. The van der Waals surface area contributed by atoms with Crippen molar-refractivity contribution in [1.82, 2.24) is 9.47 Å². The molecule has 7 nitrogen and oxygen atoms in total. The van der Waals surface area contributed by atoms with Gasteiger partial charge < -0.3 is 19.2 Å². The van der Waals surface area contributed by atoms with Gasteiger partial charge in [0.25, 0.3) is 0 Å². The van der Waals surface area contributed by atoms with Crippen LogP contribution in [0.4, 0.5) is 16.2 Å². The molecule has 1 N–H and O–H groups in total. The van der Waals surface area contributed by atoms with Gasteiger partial charge in [-0.2, -0.15) is 0 Å². The average molecular weight is 487 g/mol. The van der Waals surface area contributed by atoms with Crippen LogP contribution in [-0.2, 0) is 4.79 Å². The Morgan fingerprint density at radius 2 is 1.74 bits per heavy atom. The summed E-state index contributed by atoms with van der Waals surface area (Å²) in [7, 11) is 0. The number of anilines is 2. The summed E-state index contributed by atoms with van der Waals surface area (Å²) in [5, 5.41) is 3.50. The minimum atomic E-state index is -0.442. The van der Waals surface area contributed by atoms with Gasteiger partial charge in [-0.1, -0.05) is 23.7 Å². The van der Waals surface area contributed by atoms with Gasteiger partial charge in [-0.25, -0.2) is 4.79 Å². The number of furan rings is 1. The second kappa shape index (κ2) is 8.67. The van der Waals surface area contributed by atoms with Crippen LogP contribution in [0, 0.1) is 0 Å². The normalized spacial score (nSPS) is 16.4. The monoisotopic (exact) mass is 486 g/mol. The van der Waals surface area contributed by atoms with E-state index in [4.69, 9.17) is 16.0 Å². The molecule has 3 amide bonds. The maximum absolute atomic E-state index is 14.0. The van der Waals surface area contributed by atoms with Gasteiger partial charge in [0.1, 0.15) is 18.3 Å². The van der Waals surface area contributed by atoms with E-state index >= 15 is 0 Å². The Hall–Kier alpha value is -3.97. The number of rotatable bonds is 5. The first-order valence-corrected chi connectivity index (χ1v) is 11.9. The SMILES string of the molecule is O=C(Nc1ccc(Cl)cc1)N(CC(=O)N1c2ccccc2-n2cccc2C1c1ccco1)C1CC1. The largest absolute Gasteiger partial charge is 0.467 e. The Bertz CT molecular complexity index is 1380. The van der Waals surface area contributed by atoms with Crippen LogP contribution >= 0.6 is 11.6 Å². The molecule has 35 heavy (non-hydrogen) atoms. The zero-order chi connectivity index (χ0) is 23.9. The van der Waals surface area contributed by atoms with Gasteiger partial charge in [0.15, 0.2) is 0 Å². The third-order valence-electron chi connectivity index (χ3n) is 6.45. The predicted octanol–water partition coefficient (Wildman–Crippen LogP) is 5.86. The number of nitrogens with zero attached hydrogens (tertiary/aromatic N) is 3. The highest BCUT2D eigenvalue weighted by atomic mass is 35.5. The second-order valence-electron chi connectivity index (χ2n) is 8.77. The summed E-state index contributed by atoms with van der Waals surface area (Å²) in [6.07, 6.45) is 5.36. The van der Waals surface area contributed by atoms with Gasteiger partial charge in [-0.15, -0.1) is 0 Å². The van der Waals surface area contributed by atoms with Crippen molar-refractivity contribution in [2.24, 2.45) is 0 Å². The fraction of sp³-hybridized carbons (Fsp3) is 0.185. The molecule has 0 radical (unpaired) electrons. The maximum Gasteiger partial charge on any atom is 0.322 e. The van der Waals surface area contributed by atoms with Crippen LogP contribution in [0.5, 0.6) is 0 Å². The lowest BCUT2D eigenvalue weighted by atomic mass is 10.0. The number of fused-ring (bicyclic) bond motifs is 3. The van der Waals surface area contributed by atoms with Crippen molar-refractivity contribution in [2.45, 2.75) is 24.9 Å². The summed E-state index contributed by atoms with van der Waals surface area (Å²) < 4.78 is 7.87. The highest BCUT2D eigenvalue weighted by Gasteiger charge is 2.40. The number of hydrogen-bond donors (Lipinski definition) is 1. The average Bonchev–Trinajstić information content (AvgIpc) is 3.34. The smallest absolute Gasteiger partial charge is 0.322 e. The quantitative estimate of drug-likeness (QED) is 0.384. The number of nitrogens with one attached hydrogen (secondary N) is 1. The molecule has 6 rings (SSSR count). The molecule has 0 saturated heterocycles. The third kappa shape index (κ3) is 3.98. The van der Waals surface area contributed by atoms with Crippen molar-refractivity contribution in [3.8, 4) is 5.69 Å². The van der Waals surface area contributed by atoms with E-state index in [1.807, 2.05) is 54.7 Å². The van der Waals surface area contributed by atoms with E-state index in [9.17, 15) is 9.59 Å². The van der Waals surface area contributed by atoms with Crippen molar-refractivity contribution in [3.63, 3.8) is 0 Å². The lowest BCUT2D eigenvalue weighted by Crippen LogP contribution is -2.48. The van der Waals surface area contributed by atoms with Crippen molar-refractivity contribution < 1.29 is 14.0 Å². The third-order valence-corrected chi connectivity index (χ3v) is 6.70. The van der Waals surface area contributed by atoms with E-state index < -0.39 is 6.04 Å². The Morgan fingerprint density at radius 1 is 0.971 bits per heavy atom. The second-order valence-corrected chi connectivity index (χ2v) is 9.21. The number of carbonyl (C=O) groups is 2. The van der Waals surface area contributed by atoms with Crippen LogP contribution in [0.3, 0.4) is 0 Å². The number of urea groups is 1. The minimum absolute atomic E-state index is 0.0391. The van der Waals surface area contributed by atoms with E-state index in [1.165, 1.54) is 0 Å². The van der Waals surface area contributed by atoms with Crippen LogP contribution in [-0.4, -0.2) is 34.0 Å². The first-order valence-electron chi connectivity index (χ1n) is 11.6. The summed E-state index contributed by atoms with van der Waals surface area (Å²) in [5.74, 6) is 0.487. The Morgan fingerprint density at radius 3 is 2.46 bits per heavy atom. The molecule has 1 aliphatic carbocycles.